The number of rotatable bonds is 6. The van der Waals surface area contributed by atoms with Crippen LogP contribution < -0.4 is 20.4 Å². The van der Waals surface area contributed by atoms with Crippen LogP contribution in [0.5, 0.6) is 5.75 Å². The van der Waals surface area contributed by atoms with Gasteiger partial charge in [0.25, 0.3) is 5.91 Å². The van der Waals surface area contributed by atoms with Gasteiger partial charge in [0.1, 0.15) is 0 Å². The molecule has 3 N–H and O–H groups in total. The van der Waals surface area contributed by atoms with Crippen LogP contribution in [0.1, 0.15) is 48.9 Å². The number of phenolic OH excluding ortho intramolecular Hbond substituents is 1. The molecule has 2 aliphatic heterocycles. The molecule has 5 rings (SSSR count). The largest absolute Gasteiger partial charge is 0.504 e. The summed E-state index contributed by atoms with van der Waals surface area (Å²) in [4.78, 5) is 31.0. The number of anilines is 5. The van der Waals surface area contributed by atoms with Crippen LogP contribution in [0.4, 0.5) is 38.0 Å². The third-order valence-electron chi connectivity index (χ3n) is 6.68. The Labute approximate surface area is 223 Å². The number of aromatic nitrogens is 3. The van der Waals surface area contributed by atoms with Crippen molar-refractivity contribution in [3.8, 4) is 5.75 Å². The molecule has 0 spiro atoms. The molecule has 0 bridgehead atoms. The lowest BCUT2D eigenvalue weighted by molar-refractivity contribution is 0.102. The van der Waals surface area contributed by atoms with Crippen molar-refractivity contribution in [3.63, 3.8) is 0 Å². The number of hydrogen-bond donors (Lipinski definition) is 3. The van der Waals surface area contributed by atoms with Crippen molar-refractivity contribution in [1.82, 2.24) is 15.0 Å². The fraction of sp³-hybridized carbons (Fsp3) is 0.385. The minimum atomic E-state index is -1.49. The van der Waals surface area contributed by atoms with Gasteiger partial charge in [-0.05, 0) is 68.9 Å². The molecule has 3 aromatic rings. The predicted molar refractivity (Wildman–Crippen MR) is 143 cm³/mol. The summed E-state index contributed by atoms with van der Waals surface area (Å²) in [6, 6.07) is 6.58. The summed E-state index contributed by atoms with van der Waals surface area (Å²) in [5.74, 6) is -2.97. The zero-order valence-electron chi connectivity index (χ0n) is 20.7. The minimum absolute atomic E-state index is 0.187. The molecule has 0 unspecified atom stereocenters. The fourth-order valence-corrected chi connectivity index (χ4v) is 4.84. The van der Waals surface area contributed by atoms with Crippen LogP contribution in [-0.2, 0) is 0 Å². The molecule has 2 fully saturated rings. The van der Waals surface area contributed by atoms with Crippen molar-refractivity contribution in [2.75, 3.05) is 46.6 Å². The first-order chi connectivity index (χ1) is 18.4. The fourth-order valence-electron chi connectivity index (χ4n) is 4.62. The Bertz CT molecular complexity index is 1290. The number of aromatic hydroxyl groups is 1. The average molecular weight is 544 g/mol. The molecule has 0 aliphatic carbocycles. The first kappa shape index (κ1) is 25.9. The maximum absolute atomic E-state index is 13.7. The summed E-state index contributed by atoms with van der Waals surface area (Å²) in [6.07, 6.45) is 6.78. The summed E-state index contributed by atoms with van der Waals surface area (Å²) in [7, 11) is 0. The highest BCUT2D eigenvalue weighted by Gasteiger charge is 2.21. The topological polar surface area (TPSA) is 107 Å². The molecule has 1 amide bonds. The highest BCUT2D eigenvalue weighted by molar-refractivity contribution is 6.34. The number of halogens is 3. The molecule has 0 radical (unpaired) electrons. The average Bonchev–Trinajstić information content (AvgIpc) is 2.94. The van der Waals surface area contributed by atoms with Gasteiger partial charge in [-0.15, -0.1) is 0 Å². The molecule has 2 saturated heterocycles. The van der Waals surface area contributed by atoms with Crippen LogP contribution in [-0.4, -0.2) is 52.1 Å². The minimum Gasteiger partial charge on any atom is -0.504 e. The van der Waals surface area contributed by atoms with Gasteiger partial charge in [0.15, 0.2) is 11.6 Å². The summed E-state index contributed by atoms with van der Waals surface area (Å²) in [5.41, 5.74) is 0.400. The molecule has 0 atom stereocenters. The van der Waals surface area contributed by atoms with E-state index in [4.69, 9.17) is 16.6 Å². The number of nitrogens with one attached hydrogen (secondary N) is 2. The molecule has 2 aromatic carbocycles. The van der Waals surface area contributed by atoms with Crippen molar-refractivity contribution < 1.29 is 18.7 Å². The van der Waals surface area contributed by atoms with E-state index in [-0.39, 0.29) is 10.7 Å². The molecule has 200 valence electrons. The monoisotopic (exact) mass is 543 g/mol. The first-order valence-electron chi connectivity index (χ1n) is 12.7. The van der Waals surface area contributed by atoms with E-state index in [1.54, 1.807) is 18.2 Å². The molecular weight excluding hydrogens is 516 g/mol. The highest BCUT2D eigenvalue weighted by Crippen LogP contribution is 2.30. The van der Waals surface area contributed by atoms with Crippen LogP contribution in [0.25, 0.3) is 0 Å². The molecule has 38 heavy (non-hydrogen) atoms. The molecule has 9 nitrogen and oxygen atoms in total. The predicted octanol–water partition coefficient (Wildman–Crippen LogP) is 5.49. The number of piperidine rings is 2. The second-order valence-corrected chi connectivity index (χ2v) is 9.79. The number of phenols is 1. The molecule has 12 heteroatoms. The van der Waals surface area contributed by atoms with Gasteiger partial charge in [-0.1, -0.05) is 11.6 Å². The Morgan fingerprint density at radius 2 is 1.47 bits per heavy atom. The van der Waals surface area contributed by atoms with E-state index in [1.165, 1.54) is 12.8 Å². The number of hydrogen-bond acceptors (Lipinski definition) is 8. The van der Waals surface area contributed by atoms with Crippen LogP contribution in [0.3, 0.4) is 0 Å². The zero-order chi connectivity index (χ0) is 26.6. The highest BCUT2D eigenvalue weighted by atomic mass is 35.5. The van der Waals surface area contributed by atoms with Crippen molar-refractivity contribution in [2.45, 2.75) is 38.5 Å². The third-order valence-corrected chi connectivity index (χ3v) is 6.99. The Kier molecular flexibility index (Phi) is 7.73. The number of benzene rings is 2. The van der Waals surface area contributed by atoms with Crippen molar-refractivity contribution in [2.24, 2.45) is 0 Å². The number of carbonyl (C=O) groups is 1. The molecule has 2 aliphatic rings. The zero-order valence-corrected chi connectivity index (χ0v) is 21.4. The summed E-state index contributed by atoms with van der Waals surface area (Å²) >= 11 is 6.41. The van der Waals surface area contributed by atoms with Gasteiger partial charge in [-0.3, -0.25) is 4.79 Å². The number of nitrogens with zero attached hydrogens (tertiary/aromatic N) is 5. The summed E-state index contributed by atoms with van der Waals surface area (Å²) in [5, 5.41) is 15.7. The van der Waals surface area contributed by atoms with E-state index in [0.717, 1.165) is 64.0 Å². The van der Waals surface area contributed by atoms with E-state index < -0.39 is 28.9 Å². The van der Waals surface area contributed by atoms with Crippen LogP contribution in [0.2, 0.25) is 5.02 Å². The van der Waals surface area contributed by atoms with Crippen LogP contribution >= 0.6 is 11.6 Å². The van der Waals surface area contributed by atoms with Gasteiger partial charge in [0, 0.05) is 31.9 Å². The SMILES string of the molecule is O=C(Nc1ccc(Nc2nc(N3CCCCC3)nc(N3CCCCC3)n2)cc1Cl)c1ccc(F)c(F)c1O. The van der Waals surface area contributed by atoms with Gasteiger partial charge in [0.2, 0.25) is 23.7 Å². The van der Waals surface area contributed by atoms with E-state index >= 15 is 0 Å². The van der Waals surface area contributed by atoms with E-state index in [0.29, 0.717) is 23.5 Å². The summed E-state index contributed by atoms with van der Waals surface area (Å²) in [6.45, 7) is 3.60. The Morgan fingerprint density at radius 1 is 0.868 bits per heavy atom. The summed E-state index contributed by atoms with van der Waals surface area (Å²) < 4.78 is 26.9. The Hall–Kier alpha value is -3.73. The number of amides is 1. The lowest BCUT2D eigenvalue weighted by Crippen LogP contribution is -2.34. The maximum Gasteiger partial charge on any atom is 0.259 e. The van der Waals surface area contributed by atoms with Gasteiger partial charge in [-0.25, -0.2) is 4.39 Å². The van der Waals surface area contributed by atoms with Gasteiger partial charge < -0.3 is 25.5 Å². The number of carbonyl (C=O) groups excluding carboxylic acids is 1. The van der Waals surface area contributed by atoms with Crippen molar-refractivity contribution in [1.29, 1.82) is 0 Å². The normalized spacial score (nSPS) is 15.9. The van der Waals surface area contributed by atoms with Crippen molar-refractivity contribution >= 4 is 46.7 Å². The van der Waals surface area contributed by atoms with Gasteiger partial charge in [-0.2, -0.15) is 19.3 Å². The van der Waals surface area contributed by atoms with Crippen molar-refractivity contribution in [3.05, 3.63) is 52.6 Å². The third kappa shape index (κ3) is 5.72. The standard InChI is InChI=1S/C26H28ClF2N7O2/c27-18-15-16(7-10-20(18)31-23(38)17-8-9-19(28)21(29)22(17)37)30-24-32-25(35-11-3-1-4-12-35)34-26(33-24)36-13-5-2-6-14-36/h7-10,15,37H,1-6,11-14H2,(H,31,38)(H,30,32,33,34). The van der Waals surface area contributed by atoms with E-state index in [1.807, 2.05) is 0 Å². The van der Waals surface area contributed by atoms with Crippen LogP contribution in [0.15, 0.2) is 30.3 Å². The van der Waals surface area contributed by atoms with Crippen LogP contribution in [0, 0.1) is 11.6 Å². The lowest BCUT2D eigenvalue weighted by atomic mass is 10.1. The van der Waals surface area contributed by atoms with Gasteiger partial charge >= 0.3 is 0 Å². The second-order valence-electron chi connectivity index (χ2n) is 9.39. The molecule has 1 aromatic heterocycles. The Morgan fingerprint density at radius 3 is 2.05 bits per heavy atom. The van der Waals surface area contributed by atoms with E-state index in [2.05, 4.69) is 30.4 Å². The lowest BCUT2D eigenvalue weighted by Gasteiger charge is -2.30. The smallest absolute Gasteiger partial charge is 0.259 e. The molecule has 0 saturated carbocycles. The molecule has 3 heterocycles. The molecular formula is C26H28ClF2N7O2. The first-order valence-corrected chi connectivity index (χ1v) is 13.1. The van der Waals surface area contributed by atoms with E-state index in [9.17, 15) is 18.7 Å². The quantitative estimate of drug-likeness (QED) is 0.375. The second kappa shape index (κ2) is 11.3. The Balaban J connectivity index is 1.36. The maximum atomic E-state index is 13.7. The van der Waals surface area contributed by atoms with Gasteiger partial charge in [0.05, 0.1) is 16.3 Å².